The first-order valence-electron chi connectivity index (χ1n) is 11.5. The summed E-state index contributed by atoms with van der Waals surface area (Å²) in [4.78, 5) is 18.4. The van der Waals surface area contributed by atoms with Crippen LogP contribution in [0.3, 0.4) is 0 Å². The molecule has 1 aromatic heterocycles. The second-order valence-electron chi connectivity index (χ2n) is 8.61. The fourth-order valence-corrected chi connectivity index (χ4v) is 5.05. The van der Waals surface area contributed by atoms with E-state index in [1.54, 1.807) is 14.2 Å². The van der Waals surface area contributed by atoms with Gasteiger partial charge in [0.25, 0.3) is 0 Å². The third-order valence-corrected chi connectivity index (χ3v) is 6.60. The lowest BCUT2D eigenvalue weighted by molar-refractivity contribution is -0.146. The Morgan fingerprint density at radius 1 is 1.03 bits per heavy atom. The van der Waals surface area contributed by atoms with Gasteiger partial charge in [-0.15, -0.1) is 0 Å². The van der Waals surface area contributed by atoms with Crippen LogP contribution in [0.2, 0.25) is 0 Å². The normalized spacial score (nSPS) is 18.6. The standard InChI is InChI=1S/C26H29N3O4/c1-16-22(25(30)33-17-10-5-4-6-11-17)23(18-12-9-15-21(31-2)24(18)32-3)29-20-14-8-7-13-19(20)28-26(29)27-16/h7-9,12-15,17,23H,4-6,10-11H2,1-3H3,(H,27,28)/t23-/m0/s1. The highest BCUT2D eigenvalue weighted by Crippen LogP contribution is 2.45. The number of hydrogen-bond acceptors (Lipinski definition) is 6. The Morgan fingerprint density at radius 3 is 2.58 bits per heavy atom. The fraction of sp³-hybridized carbons (Fsp3) is 0.385. The topological polar surface area (TPSA) is 74.6 Å². The highest BCUT2D eigenvalue weighted by Gasteiger charge is 2.38. The molecule has 0 saturated heterocycles. The zero-order valence-electron chi connectivity index (χ0n) is 19.3. The van der Waals surface area contributed by atoms with Gasteiger partial charge in [0, 0.05) is 11.3 Å². The van der Waals surface area contributed by atoms with E-state index in [2.05, 4.69) is 9.88 Å². The van der Waals surface area contributed by atoms with Crippen molar-refractivity contribution < 1.29 is 19.0 Å². The van der Waals surface area contributed by atoms with Crippen LogP contribution in [-0.2, 0) is 9.53 Å². The number of benzene rings is 2. The molecule has 1 saturated carbocycles. The van der Waals surface area contributed by atoms with E-state index in [9.17, 15) is 4.79 Å². The van der Waals surface area contributed by atoms with Crippen LogP contribution in [0.15, 0.2) is 53.7 Å². The summed E-state index contributed by atoms with van der Waals surface area (Å²) in [5.41, 5.74) is 3.88. The lowest BCUT2D eigenvalue weighted by Gasteiger charge is -2.32. The average molecular weight is 448 g/mol. The van der Waals surface area contributed by atoms with Gasteiger partial charge >= 0.3 is 5.97 Å². The molecule has 2 aliphatic rings. The molecule has 1 aliphatic carbocycles. The van der Waals surface area contributed by atoms with Crippen LogP contribution in [-0.4, -0.2) is 35.8 Å². The second kappa shape index (κ2) is 8.81. The summed E-state index contributed by atoms with van der Waals surface area (Å²) in [6, 6.07) is 13.2. The number of nitrogens with one attached hydrogen (secondary N) is 1. The molecular formula is C26H29N3O4. The molecule has 3 aromatic rings. The molecule has 33 heavy (non-hydrogen) atoms. The molecule has 7 nitrogen and oxygen atoms in total. The smallest absolute Gasteiger partial charge is 0.338 e. The largest absolute Gasteiger partial charge is 0.493 e. The Morgan fingerprint density at radius 2 is 1.82 bits per heavy atom. The van der Waals surface area contributed by atoms with Gasteiger partial charge in [-0.25, -0.2) is 9.78 Å². The number of allylic oxidation sites excluding steroid dienone is 1. The molecule has 5 rings (SSSR count). The molecule has 2 heterocycles. The van der Waals surface area contributed by atoms with Crippen LogP contribution < -0.4 is 14.8 Å². The van der Waals surface area contributed by atoms with Crippen molar-refractivity contribution in [1.82, 2.24) is 9.55 Å². The third kappa shape index (κ3) is 3.71. The summed E-state index contributed by atoms with van der Waals surface area (Å²) in [6.07, 6.45) is 5.18. The number of esters is 1. The Hall–Kier alpha value is -3.48. The third-order valence-electron chi connectivity index (χ3n) is 6.60. The first-order chi connectivity index (χ1) is 16.1. The molecule has 1 aliphatic heterocycles. The van der Waals surface area contributed by atoms with Crippen LogP contribution >= 0.6 is 0 Å². The molecule has 0 spiro atoms. The summed E-state index contributed by atoms with van der Waals surface area (Å²) < 4.78 is 19.5. The summed E-state index contributed by atoms with van der Waals surface area (Å²) in [5.74, 6) is 1.58. The van der Waals surface area contributed by atoms with Crippen molar-refractivity contribution in [3.05, 3.63) is 59.3 Å². The molecule has 2 aromatic carbocycles. The Kier molecular flexibility index (Phi) is 5.70. The summed E-state index contributed by atoms with van der Waals surface area (Å²) in [5, 5.41) is 3.34. The van der Waals surface area contributed by atoms with E-state index < -0.39 is 6.04 Å². The van der Waals surface area contributed by atoms with Gasteiger partial charge in [0.15, 0.2) is 11.5 Å². The van der Waals surface area contributed by atoms with Crippen molar-refractivity contribution in [2.45, 2.75) is 51.2 Å². The van der Waals surface area contributed by atoms with Gasteiger partial charge in [-0.3, -0.25) is 4.57 Å². The maximum atomic E-state index is 13.7. The number of carbonyl (C=O) groups is 1. The molecule has 0 unspecified atom stereocenters. The molecule has 1 fully saturated rings. The quantitative estimate of drug-likeness (QED) is 0.541. The summed E-state index contributed by atoms with van der Waals surface area (Å²) in [7, 11) is 3.23. The number of hydrogen-bond donors (Lipinski definition) is 1. The Balaban J connectivity index is 1.68. The first kappa shape index (κ1) is 21.4. The number of aromatic nitrogens is 2. The monoisotopic (exact) mass is 447 g/mol. The molecule has 7 heteroatoms. The molecule has 0 amide bonds. The second-order valence-corrected chi connectivity index (χ2v) is 8.61. The van der Waals surface area contributed by atoms with Gasteiger partial charge in [-0.2, -0.15) is 0 Å². The maximum Gasteiger partial charge on any atom is 0.338 e. The minimum atomic E-state index is -0.477. The van der Waals surface area contributed by atoms with Crippen molar-refractivity contribution in [3.8, 4) is 11.5 Å². The number of nitrogens with zero attached hydrogens (tertiary/aromatic N) is 2. The zero-order chi connectivity index (χ0) is 22.9. The zero-order valence-corrected chi connectivity index (χ0v) is 19.3. The van der Waals surface area contributed by atoms with Crippen LogP contribution in [0.5, 0.6) is 11.5 Å². The first-order valence-corrected chi connectivity index (χ1v) is 11.5. The molecule has 0 radical (unpaired) electrons. The summed E-state index contributed by atoms with van der Waals surface area (Å²) in [6.45, 7) is 1.90. The van der Waals surface area contributed by atoms with Crippen molar-refractivity contribution in [2.75, 3.05) is 19.5 Å². The SMILES string of the molecule is COc1cccc([C@H]2C(C(=O)OC3CCCCC3)=C(C)Nc3nc4ccccc4n32)c1OC. The molecular weight excluding hydrogens is 418 g/mol. The van der Waals surface area contributed by atoms with Crippen molar-refractivity contribution >= 4 is 23.0 Å². The average Bonchev–Trinajstić information content (AvgIpc) is 3.21. The van der Waals surface area contributed by atoms with E-state index in [0.29, 0.717) is 23.0 Å². The van der Waals surface area contributed by atoms with Crippen molar-refractivity contribution in [1.29, 1.82) is 0 Å². The summed E-state index contributed by atoms with van der Waals surface area (Å²) >= 11 is 0. The Bertz CT molecular complexity index is 1220. The van der Waals surface area contributed by atoms with E-state index >= 15 is 0 Å². The van der Waals surface area contributed by atoms with Crippen LogP contribution in [0.4, 0.5) is 5.95 Å². The minimum absolute atomic E-state index is 0.0414. The van der Waals surface area contributed by atoms with E-state index in [1.807, 2.05) is 49.4 Å². The van der Waals surface area contributed by atoms with E-state index in [-0.39, 0.29) is 12.1 Å². The number of para-hydroxylation sites is 3. The molecule has 1 atom stereocenters. The predicted molar refractivity (Wildman–Crippen MR) is 127 cm³/mol. The molecule has 0 bridgehead atoms. The number of methoxy groups -OCH3 is 2. The van der Waals surface area contributed by atoms with E-state index in [4.69, 9.17) is 19.2 Å². The van der Waals surface area contributed by atoms with Crippen LogP contribution in [0.1, 0.15) is 50.6 Å². The van der Waals surface area contributed by atoms with Gasteiger partial charge in [0.05, 0.1) is 36.9 Å². The number of ether oxygens (including phenoxy) is 3. The van der Waals surface area contributed by atoms with E-state index in [1.165, 1.54) is 6.42 Å². The Labute approximate surface area is 193 Å². The molecule has 172 valence electrons. The van der Waals surface area contributed by atoms with Gasteiger partial charge < -0.3 is 19.5 Å². The van der Waals surface area contributed by atoms with Gasteiger partial charge in [0.2, 0.25) is 5.95 Å². The minimum Gasteiger partial charge on any atom is -0.493 e. The number of carbonyl (C=O) groups excluding carboxylic acids is 1. The molecule has 1 N–H and O–H groups in total. The van der Waals surface area contributed by atoms with Gasteiger partial charge in [0.1, 0.15) is 6.10 Å². The fourth-order valence-electron chi connectivity index (χ4n) is 5.05. The number of fused-ring (bicyclic) bond motifs is 3. The van der Waals surface area contributed by atoms with Crippen LogP contribution in [0, 0.1) is 0 Å². The maximum absolute atomic E-state index is 13.7. The van der Waals surface area contributed by atoms with Crippen LogP contribution in [0.25, 0.3) is 11.0 Å². The number of imidazole rings is 1. The number of anilines is 1. The van der Waals surface area contributed by atoms with Gasteiger partial charge in [-0.05, 0) is 50.8 Å². The van der Waals surface area contributed by atoms with Gasteiger partial charge in [-0.1, -0.05) is 30.7 Å². The number of rotatable bonds is 5. The highest BCUT2D eigenvalue weighted by molar-refractivity contribution is 5.94. The highest BCUT2D eigenvalue weighted by atomic mass is 16.5. The lowest BCUT2D eigenvalue weighted by atomic mass is 9.93. The lowest BCUT2D eigenvalue weighted by Crippen LogP contribution is -2.31. The van der Waals surface area contributed by atoms with Crippen molar-refractivity contribution in [3.63, 3.8) is 0 Å². The predicted octanol–water partition coefficient (Wildman–Crippen LogP) is 5.22. The van der Waals surface area contributed by atoms with E-state index in [0.717, 1.165) is 48.0 Å². The van der Waals surface area contributed by atoms with Crippen molar-refractivity contribution in [2.24, 2.45) is 0 Å².